The highest BCUT2D eigenvalue weighted by Gasteiger charge is 2.05. The summed E-state index contributed by atoms with van der Waals surface area (Å²) in [7, 11) is 1.62. The van der Waals surface area contributed by atoms with E-state index in [0.717, 1.165) is 33.8 Å². The van der Waals surface area contributed by atoms with Crippen molar-refractivity contribution in [3.05, 3.63) is 119 Å². The van der Waals surface area contributed by atoms with Crippen LogP contribution >= 0.6 is 47.3 Å². The predicted molar refractivity (Wildman–Crippen MR) is 181 cm³/mol. The van der Waals surface area contributed by atoms with E-state index in [9.17, 15) is 9.59 Å². The Bertz CT molecular complexity index is 1300. The van der Waals surface area contributed by atoms with Crippen LogP contribution in [-0.2, 0) is 22.4 Å². The van der Waals surface area contributed by atoms with Gasteiger partial charge in [0.25, 0.3) is 0 Å². The van der Waals surface area contributed by atoms with Gasteiger partial charge in [-0.05, 0) is 73.5 Å². The number of hydrogen-bond donors (Lipinski definition) is 3. The van der Waals surface area contributed by atoms with Crippen LogP contribution in [0, 0.1) is 13.8 Å². The minimum absolute atomic E-state index is 0.0194. The highest BCUT2D eigenvalue weighted by molar-refractivity contribution is 9.69. The number of anilines is 2. The van der Waals surface area contributed by atoms with Gasteiger partial charge in [0.1, 0.15) is 11.5 Å². The van der Waals surface area contributed by atoms with Gasteiger partial charge in [-0.3, -0.25) is 9.59 Å². The summed E-state index contributed by atoms with van der Waals surface area (Å²) in [6, 6.07) is 29.6. The number of methoxy groups -OCH3 is 1. The lowest BCUT2D eigenvalue weighted by atomic mass is 10.1. The van der Waals surface area contributed by atoms with Crippen LogP contribution in [0.25, 0.3) is 0 Å². The van der Waals surface area contributed by atoms with Gasteiger partial charge in [-0.1, -0.05) is 59.7 Å². The summed E-state index contributed by atoms with van der Waals surface area (Å²) in [4.78, 5) is 23.7. The molecule has 0 heterocycles. The molecular formula is C31H32BBr3N2O4. The fourth-order valence-corrected chi connectivity index (χ4v) is 3.41. The largest absolute Gasteiger partial charge is 0.508 e. The molecule has 6 nitrogen and oxygen atoms in total. The highest BCUT2D eigenvalue weighted by atomic mass is 79.9. The smallest absolute Gasteiger partial charge is 0.369 e. The van der Waals surface area contributed by atoms with Crippen LogP contribution in [-0.4, -0.2) is 27.2 Å². The Morgan fingerprint density at radius 2 is 1.00 bits per heavy atom. The number of phenols is 1. The SMILES string of the molecule is BrB(Br)Br.COc1ccc(CC(=O)Nc2ccc(C)cc2)cc1.Cc1ccc(NC(=O)Cc2ccc(O)cc2)cc1. The molecule has 0 radical (unpaired) electrons. The maximum atomic E-state index is 11.9. The summed E-state index contributed by atoms with van der Waals surface area (Å²) >= 11 is 9.31. The van der Waals surface area contributed by atoms with E-state index < -0.39 is 0 Å². The Labute approximate surface area is 266 Å². The van der Waals surface area contributed by atoms with Crippen molar-refractivity contribution in [2.24, 2.45) is 0 Å². The quantitative estimate of drug-likeness (QED) is 0.167. The molecule has 0 saturated heterocycles. The van der Waals surface area contributed by atoms with Crippen molar-refractivity contribution < 1.29 is 19.4 Å². The first-order chi connectivity index (χ1) is 19.5. The molecule has 0 unspecified atom stereocenters. The second kappa shape index (κ2) is 18.4. The van der Waals surface area contributed by atoms with Gasteiger partial charge < -0.3 is 20.5 Å². The average molecular weight is 747 g/mol. The fraction of sp³-hybridized carbons (Fsp3) is 0.161. The standard InChI is InChI=1S/C16H17NO2.C15H15NO2.BBr3/c1-12-3-7-14(8-4-12)17-16(18)11-13-5-9-15(19-2)10-6-13;1-11-2-6-13(7-3-11)16-15(18)10-12-4-8-14(17)9-5-12;2-1(3)4/h3-10H,11H2,1-2H3,(H,17,18);2-9,17H,10H2,1H3,(H,16,18);. The first-order valence-corrected chi connectivity index (χ1v) is 15.3. The van der Waals surface area contributed by atoms with Crippen LogP contribution in [0.4, 0.5) is 11.4 Å². The molecule has 41 heavy (non-hydrogen) atoms. The van der Waals surface area contributed by atoms with Crippen molar-refractivity contribution in [2.45, 2.75) is 26.7 Å². The zero-order valence-corrected chi connectivity index (χ0v) is 27.8. The molecular weight excluding hydrogens is 715 g/mol. The third-order valence-corrected chi connectivity index (χ3v) is 5.50. The molecule has 4 aromatic carbocycles. The molecule has 0 atom stereocenters. The normalized spacial score (nSPS) is 9.71. The number of hydrogen-bond acceptors (Lipinski definition) is 4. The summed E-state index contributed by atoms with van der Waals surface area (Å²) < 4.78 is 5.35. The maximum Gasteiger partial charge on any atom is 0.369 e. The predicted octanol–water partition coefficient (Wildman–Crippen LogP) is 8.22. The molecule has 4 rings (SSSR count). The van der Waals surface area contributed by atoms with Crippen molar-refractivity contribution in [1.82, 2.24) is 0 Å². The number of halogens is 3. The maximum absolute atomic E-state index is 11.9. The van der Waals surface area contributed by atoms with Crippen LogP contribution in [0.15, 0.2) is 97.1 Å². The lowest BCUT2D eigenvalue weighted by Crippen LogP contribution is -2.14. The van der Waals surface area contributed by atoms with E-state index in [0.29, 0.717) is 12.8 Å². The summed E-state index contributed by atoms with van der Waals surface area (Å²) in [5.74, 6) is 0.916. The molecule has 0 spiro atoms. The number of carbonyl (C=O) groups is 2. The molecule has 0 bridgehead atoms. The van der Waals surface area contributed by atoms with E-state index in [1.807, 2.05) is 86.6 Å². The number of benzene rings is 4. The van der Waals surface area contributed by atoms with Crippen molar-refractivity contribution in [3.8, 4) is 11.5 Å². The Kier molecular flexibility index (Phi) is 15.3. The number of aromatic hydroxyl groups is 1. The summed E-state index contributed by atoms with van der Waals surface area (Å²) in [6.07, 6.45) is 0.659. The van der Waals surface area contributed by atoms with Crippen molar-refractivity contribution in [3.63, 3.8) is 0 Å². The van der Waals surface area contributed by atoms with E-state index in [1.165, 1.54) is 5.56 Å². The Morgan fingerprint density at radius 1 is 0.659 bits per heavy atom. The Morgan fingerprint density at radius 3 is 1.34 bits per heavy atom. The third kappa shape index (κ3) is 14.9. The molecule has 0 fully saturated rings. The van der Waals surface area contributed by atoms with Crippen molar-refractivity contribution in [1.29, 1.82) is 0 Å². The molecule has 4 aromatic rings. The number of aryl methyl sites for hydroxylation is 2. The highest BCUT2D eigenvalue weighted by Crippen LogP contribution is 2.14. The number of nitrogens with one attached hydrogen (secondary N) is 2. The first-order valence-electron chi connectivity index (χ1n) is 12.6. The lowest BCUT2D eigenvalue weighted by Gasteiger charge is -2.06. The van der Waals surface area contributed by atoms with E-state index >= 15 is 0 Å². The van der Waals surface area contributed by atoms with Gasteiger partial charge in [0, 0.05) is 11.4 Å². The van der Waals surface area contributed by atoms with Gasteiger partial charge in [-0.2, -0.15) is 0 Å². The van der Waals surface area contributed by atoms with E-state index in [4.69, 9.17) is 9.84 Å². The minimum atomic E-state index is -0.0652. The van der Waals surface area contributed by atoms with Crippen LogP contribution in [0.1, 0.15) is 22.3 Å². The van der Waals surface area contributed by atoms with Crippen LogP contribution in [0.5, 0.6) is 11.5 Å². The zero-order chi connectivity index (χ0) is 30.2. The molecule has 0 saturated carbocycles. The van der Waals surface area contributed by atoms with Gasteiger partial charge in [-0.15, -0.1) is 47.3 Å². The molecule has 3 N–H and O–H groups in total. The molecule has 0 aliphatic carbocycles. The lowest BCUT2D eigenvalue weighted by molar-refractivity contribution is -0.116. The molecule has 0 aliphatic heterocycles. The molecule has 2 amide bonds. The third-order valence-electron chi connectivity index (χ3n) is 5.50. The number of amides is 2. The Hall–Kier alpha value is -3.08. The average Bonchev–Trinajstić information content (AvgIpc) is 2.93. The molecule has 0 aromatic heterocycles. The van der Waals surface area contributed by atoms with Gasteiger partial charge in [-0.25, -0.2) is 0 Å². The second-order valence-corrected chi connectivity index (χ2v) is 15.4. The van der Waals surface area contributed by atoms with E-state index in [1.54, 1.807) is 31.4 Å². The van der Waals surface area contributed by atoms with Gasteiger partial charge in [0.05, 0.1) is 20.0 Å². The van der Waals surface area contributed by atoms with Gasteiger partial charge in [0.15, 0.2) is 0 Å². The second-order valence-electron chi connectivity index (χ2n) is 8.94. The van der Waals surface area contributed by atoms with Crippen molar-refractivity contribution in [2.75, 3.05) is 17.7 Å². The molecule has 214 valence electrons. The number of ether oxygens (including phenoxy) is 1. The van der Waals surface area contributed by atoms with Crippen molar-refractivity contribution >= 4 is 73.6 Å². The fourth-order valence-electron chi connectivity index (χ4n) is 3.41. The molecule has 10 heteroatoms. The minimum Gasteiger partial charge on any atom is -0.508 e. The number of rotatable bonds is 7. The number of phenolic OH excluding ortho intramolecular Hbond substituents is 1. The zero-order valence-electron chi connectivity index (χ0n) is 23.0. The summed E-state index contributed by atoms with van der Waals surface area (Å²) in [5, 5.41) is 14.9. The summed E-state index contributed by atoms with van der Waals surface area (Å²) in [6.45, 7) is 4.02. The van der Waals surface area contributed by atoms with Gasteiger partial charge in [0.2, 0.25) is 11.8 Å². The Balaban J connectivity index is 0.000000254. The number of carbonyl (C=O) groups excluding carboxylic acids is 2. The molecule has 0 aliphatic rings. The van der Waals surface area contributed by atoms with Crippen LogP contribution in [0.2, 0.25) is 0 Å². The van der Waals surface area contributed by atoms with Crippen LogP contribution in [0.3, 0.4) is 0 Å². The van der Waals surface area contributed by atoms with E-state index in [2.05, 4.69) is 57.9 Å². The van der Waals surface area contributed by atoms with Gasteiger partial charge >= 0.3 is 3.18 Å². The topological polar surface area (TPSA) is 87.7 Å². The summed E-state index contributed by atoms with van der Waals surface area (Å²) in [5.41, 5.74) is 5.79. The van der Waals surface area contributed by atoms with Crippen LogP contribution < -0.4 is 15.4 Å². The first kappa shape index (κ1) is 34.1. The van der Waals surface area contributed by atoms with E-state index in [-0.39, 0.29) is 20.7 Å². The monoisotopic (exact) mass is 744 g/mol.